The summed E-state index contributed by atoms with van der Waals surface area (Å²) in [4.78, 5) is 23.3. The average molecular weight is 264 g/mol. The number of benzene rings is 1. The third-order valence-corrected chi connectivity index (χ3v) is 2.72. The molecule has 1 aromatic heterocycles. The first-order valence-electron chi connectivity index (χ1n) is 5.38. The molecule has 2 rings (SSSR count). The van der Waals surface area contributed by atoms with Crippen LogP contribution in [-0.4, -0.2) is 27.3 Å². The van der Waals surface area contributed by atoms with Crippen molar-refractivity contribution in [3.8, 4) is 11.5 Å². The van der Waals surface area contributed by atoms with Gasteiger partial charge in [-0.25, -0.2) is 9.59 Å². The SMILES string of the molecule is COC(=O)c1coc(=O)c2cc(OC)c(OC)cc12. The van der Waals surface area contributed by atoms with Gasteiger partial charge in [-0.05, 0) is 12.1 Å². The number of hydrogen-bond acceptors (Lipinski definition) is 6. The van der Waals surface area contributed by atoms with Gasteiger partial charge in [0.2, 0.25) is 0 Å². The normalized spacial score (nSPS) is 10.3. The summed E-state index contributed by atoms with van der Waals surface area (Å²) in [5.41, 5.74) is -0.415. The van der Waals surface area contributed by atoms with Gasteiger partial charge in [-0.2, -0.15) is 0 Å². The Morgan fingerprint density at radius 1 is 1.05 bits per heavy atom. The Balaban J connectivity index is 2.85. The van der Waals surface area contributed by atoms with Crippen LogP contribution in [0.15, 0.2) is 27.6 Å². The molecule has 100 valence electrons. The highest BCUT2D eigenvalue weighted by atomic mass is 16.5. The van der Waals surface area contributed by atoms with Crippen molar-refractivity contribution in [2.75, 3.05) is 21.3 Å². The van der Waals surface area contributed by atoms with E-state index in [1.165, 1.54) is 33.5 Å². The quantitative estimate of drug-likeness (QED) is 0.784. The first kappa shape index (κ1) is 12.9. The predicted molar refractivity (Wildman–Crippen MR) is 66.9 cm³/mol. The molecule has 0 bridgehead atoms. The molecule has 0 aliphatic carbocycles. The minimum atomic E-state index is -0.596. The molecule has 19 heavy (non-hydrogen) atoms. The van der Waals surface area contributed by atoms with Gasteiger partial charge < -0.3 is 18.6 Å². The molecule has 0 saturated heterocycles. The van der Waals surface area contributed by atoms with Crippen LogP contribution < -0.4 is 15.1 Å². The van der Waals surface area contributed by atoms with Crippen LogP contribution in [-0.2, 0) is 4.74 Å². The van der Waals surface area contributed by atoms with Crippen molar-refractivity contribution in [1.29, 1.82) is 0 Å². The lowest BCUT2D eigenvalue weighted by Gasteiger charge is -2.10. The summed E-state index contributed by atoms with van der Waals surface area (Å²) in [6.07, 6.45) is 1.07. The van der Waals surface area contributed by atoms with Gasteiger partial charge in [0.15, 0.2) is 11.5 Å². The lowest BCUT2D eigenvalue weighted by atomic mass is 10.1. The fourth-order valence-corrected chi connectivity index (χ4v) is 1.78. The van der Waals surface area contributed by atoms with Crippen molar-refractivity contribution in [3.63, 3.8) is 0 Å². The predicted octanol–water partition coefficient (Wildman–Crippen LogP) is 1.60. The molecule has 0 radical (unpaired) electrons. The number of carbonyl (C=O) groups is 1. The van der Waals surface area contributed by atoms with Gasteiger partial charge in [0.05, 0.1) is 26.7 Å². The molecule has 1 aromatic carbocycles. The van der Waals surface area contributed by atoms with E-state index in [9.17, 15) is 9.59 Å². The molecule has 0 aliphatic rings. The zero-order valence-electron chi connectivity index (χ0n) is 10.7. The monoisotopic (exact) mass is 264 g/mol. The number of hydrogen-bond donors (Lipinski definition) is 0. The molecule has 0 N–H and O–H groups in total. The number of esters is 1. The minimum absolute atomic E-state index is 0.151. The van der Waals surface area contributed by atoms with E-state index >= 15 is 0 Å². The molecule has 0 amide bonds. The van der Waals surface area contributed by atoms with E-state index in [-0.39, 0.29) is 10.9 Å². The molecule has 1 heterocycles. The third-order valence-electron chi connectivity index (χ3n) is 2.72. The van der Waals surface area contributed by atoms with Gasteiger partial charge in [0, 0.05) is 5.39 Å². The molecule has 0 unspecified atom stereocenters. The molecule has 0 atom stereocenters. The van der Waals surface area contributed by atoms with Crippen LogP contribution in [0.4, 0.5) is 0 Å². The van der Waals surface area contributed by atoms with Gasteiger partial charge in [-0.3, -0.25) is 0 Å². The maximum atomic E-state index is 11.7. The zero-order chi connectivity index (χ0) is 14.0. The Labute approximate surface area is 108 Å². The Hall–Kier alpha value is -2.50. The second-order valence-corrected chi connectivity index (χ2v) is 3.68. The van der Waals surface area contributed by atoms with E-state index in [1.807, 2.05) is 0 Å². The Kier molecular flexibility index (Phi) is 3.41. The highest BCUT2D eigenvalue weighted by molar-refractivity contribution is 6.04. The molecule has 6 heteroatoms. The fourth-order valence-electron chi connectivity index (χ4n) is 1.78. The number of ether oxygens (including phenoxy) is 3. The van der Waals surface area contributed by atoms with E-state index in [1.54, 1.807) is 0 Å². The van der Waals surface area contributed by atoms with Crippen LogP contribution in [0.5, 0.6) is 11.5 Å². The third kappa shape index (κ3) is 2.12. The van der Waals surface area contributed by atoms with Crippen molar-refractivity contribution in [1.82, 2.24) is 0 Å². The van der Waals surface area contributed by atoms with Crippen molar-refractivity contribution < 1.29 is 23.4 Å². The molecular weight excluding hydrogens is 252 g/mol. The molecule has 0 fully saturated rings. The molecule has 2 aromatic rings. The van der Waals surface area contributed by atoms with E-state index in [2.05, 4.69) is 4.74 Å². The van der Waals surface area contributed by atoms with Crippen LogP contribution in [0, 0.1) is 0 Å². The van der Waals surface area contributed by atoms with E-state index in [0.717, 1.165) is 6.26 Å². The van der Waals surface area contributed by atoms with Crippen molar-refractivity contribution in [3.05, 3.63) is 34.4 Å². The van der Waals surface area contributed by atoms with Gasteiger partial charge in [-0.1, -0.05) is 0 Å². The summed E-state index contributed by atoms with van der Waals surface area (Å²) in [5.74, 6) is 0.191. The summed E-state index contributed by atoms with van der Waals surface area (Å²) >= 11 is 0. The summed E-state index contributed by atoms with van der Waals surface area (Å²) in [6.45, 7) is 0. The number of carbonyl (C=O) groups excluding carboxylic acids is 1. The highest BCUT2D eigenvalue weighted by Gasteiger charge is 2.17. The summed E-state index contributed by atoms with van der Waals surface area (Å²) in [6, 6.07) is 3.00. The smallest absolute Gasteiger partial charge is 0.343 e. The second-order valence-electron chi connectivity index (χ2n) is 3.68. The van der Waals surface area contributed by atoms with Crippen molar-refractivity contribution in [2.24, 2.45) is 0 Å². The zero-order valence-corrected chi connectivity index (χ0v) is 10.7. The maximum Gasteiger partial charge on any atom is 0.343 e. The van der Waals surface area contributed by atoms with Crippen LogP contribution in [0.3, 0.4) is 0 Å². The van der Waals surface area contributed by atoms with Crippen LogP contribution in [0.2, 0.25) is 0 Å². The average Bonchev–Trinajstić information content (AvgIpc) is 2.45. The Morgan fingerprint density at radius 2 is 1.63 bits per heavy atom. The van der Waals surface area contributed by atoms with Gasteiger partial charge in [0.1, 0.15) is 11.8 Å². The molecular formula is C13H12O6. The lowest BCUT2D eigenvalue weighted by Crippen LogP contribution is -2.08. The van der Waals surface area contributed by atoms with Crippen LogP contribution >= 0.6 is 0 Å². The van der Waals surface area contributed by atoms with Crippen molar-refractivity contribution in [2.45, 2.75) is 0 Å². The molecule has 6 nitrogen and oxygen atoms in total. The molecule has 0 spiro atoms. The Bertz CT molecular complexity index is 685. The summed E-state index contributed by atoms with van der Waals surface area (Å²) in [7, 11) is 4.17. The number of methoxy groups -OCH3 is 3. The Morgan fingerprint density at radius 3 is 2.16 bits per heavy atom. The van der Waals surface area contributed by atoms with E-state index < -0.39 is 11.6 Å². The minimum Gasteiger partial charge on any atom is -0.493 e. The summed E-state index contributed by atoms with van der Waals surface area (Å²) < 4.78 is 19.7. The maximum absolute atomic E-state index is 11.7. The number of rotatable bonds is 3. The van der Waals surface area contributed by atoms with Gasteiger partial charge in [-0.15, -0.1) is 0 Å². The topological polar surface area (TPSA) is 75.0 Å². The van der Waals surface area contributed by atoms with Gasteiger partial charge >= 0.3 is 11.6 Å². The fraction of sp³-hybridized carbons (Fsp3) is 0.231. The second kappa shape index (κ2) is 5.01. The van der Waals surface area contributed by atoms with E-state index in [4.69, 9.17) is 13.9 Å². The standard InChI is InChI=1S/C13H12O6/c1-16-10-4-7-8(5-11(10)17-2)13(15)19-6-9(7)12(14)18-3/h4-6H,1-3H3. The lowest BCUT2D eigenvalue weighted by molar-refractivity contribution is 0.0600. The first-order chi connectivity index (χ1) is 9.12. The van der Waals surface area contributed by atoms with Crippen LogP contribution in [0.25, 0.3) is 10.8 Å². The highest BCUT2D eigenvalue weighted by Crippen LogP contribution is 2.32. The van der Waals surface area contributed by atoms with Gasteiger partial charge in [0.25, 0.3) is 0 Å². The molecule has 0 saturated carbocycles. The van der Waals surface area contributed by atoms with Crippen molar-refractivity contribution >= 4 is 16.7 Å². The summed E-state index contributed by atoms with van der Waals surface area (Å²) in [5, 5.41) is 0.612. The number of fused-ring (bicyclic) bond motifs is 1. The first-order valence-corrected chi connectivity index (χ1v) is 5.38. The van der Waals surface area contributed by atoms with E-state index in [0.29, 0.717) is 16.9 Å². The largest absolute Gasteiger partial charge is 0.493 e. The molecule has 0 aliphatic heterocycles. The van der Waals surface area contributed by atoms with Crippen LogP contribution in [0.1, 0.15) is 10.4 Å².